The molecule has 3 aromatic heterocycles. The van der Waals surface area contributed by atoms with E-state index in [0.29, 0.717) is 6.54 Å². The smallest absolute Gasteiger partial charge is 0.157 e. The van der Waals surface area contributed by atoms with Gasteiger partial charge in [0.15, 0.2) is 5.65 Å². The average Bonchev–Trinajstić information content (AvgIpc) is 3.21. The Balaban J connectivity index is 1.83. The van der Waals surface area contributed by atoms with Crippen molar-refractivity contribution in [1.82, 2.24) is 14.4 Å². The number of anilines is 1. The van der Waals surface area contributed by atoms with Crippen molar-refractivity contribution in [3.63, 3.8) is 0 Å². The molecule has 4 aromatic rings. The van der Waals surface area contributed by atoms with Crippen LogP contribution in [-0.4, -0.2) is 14.4 Å². The van der Waals surface area contributed by atoms with E-state index in [9.17, 15) is 0 Å². The summed E-state index contributed by atoms with van der Waals surface area (Å²) < 4.78 is 7.42. The molecular formula is C18H16N4O. The number of aryl methyl sites for hydroxylation is 1. The number of rotatable bonds is 4. The van der Waals surface area contributed by atoms with E-state index in [4.69, 9.17) is 9.40 Å². The zero-order valence-corrected chi connectivity index (χ0v) is 12.7. The van der Waals surface area contributed by atoms with Gasteiger partial charge in [0.25, 0.3) is 0 Å². The monoisotopic (exact) mass is 304 g/mol. The van der Waals surface area contributed by atoms with E-state index in [0.717, 1.165) is 28.5 Å². The third kappa shape index (κ3) is 2.46. The van der Waals surface area contributed by atoms with Gasteiger partial charge in [-0.3, -0.25) is 9.38 Å². The molecule has 0 fully saturated rings. The third-order valence-electron chi connectivity index (χ3n) is 3.84. The molecule has 0 aliphatic heterocycles. The molecule has 5 heteroatoms. The van der Waals surface area contributed by atoms with E-state index in [1.807, 2.05) is 34.9 Å². The average molecular weight is 304 g/mol. The predicted molar refractivity (Wildman–Crippen MR) is 89.2 cm³/mol. The van der Waals surface area contributed by atoms with Crippen molar-refractivity contribution in [1.29, 1.82) is 0 Å². The summed E-state index contributed by atoms with van der Waals surface area (Å²) in [5.74, 6) is 1.82. The first-order chi connectivity index (χ1) is 11.3. The molecule has 0 spiro atoms. The number of benzene rings is 1. The summed E-state index contributed by atoms with van der Waals surface area (Å²) >= 11 is 0. The minimum atomic E-state index is 0.599. The lowest BCUT2D eigenvalue weighted by molar-refractivity contribution is 0.518. The van der Waals surface area contributed by atoms with Crippen LogP contribution in [0.25, 0.3) is 16.9 Å². The maximum atomic E-state index is 5.41. The second-order valence-corrected chi connectivity index (χ2v) is 5.36. The minimum absolute atomic E-state index is 0.599. The number of hydrogen-bond donors (Lipinski definition) is 1. The second kappa shape index (κ2) is 5.61. The second-order valence-electron chi connectivity index (χ2n) is 5.36. The van der Waals surface area contributed by atoms with Crippen LogP contribution in [0.3, 0.4) is 0 Å². The zero-order valence-electron chi connectivity index (χ0n) is 12.7. The Labute approximate surface area is 133 Å². The fraction of sp³-hybridized carbons (Fsp3) is 0.111. The Morgan fingerprint density at radius 3 is 2.91 bits per heavy atom. The SMILES string of the molecule is Cc1ccccc1-c1nc2cnccn2c1NCc1ccco1. The van der Waals surface area contributed by atoms with Gasteiger partial charge in [-0.25, -0.2) is 4.98 Å². The molecule has 0 atom stereocenters. The Morgan fingerprint density at radius 1 is 1.17 bits per heavy atom. The van der Waals surface area contributed by atoms with Crippen molar-refractivity contribution in [2.75, 3.05) is 5.32 Å². The van der Waals surface area contributed by atoms with Crippen molar-refractivity contribution < 1.29 is 4.42 Å². The van der Waals surface area contributed by atoms with E-state index in [1.54, 1.807) is 18.7 Å². The highest BCUT2D eigenvalue weighted by Crippen LogP contribution is 2.30. The molecule has 0 unspecified atom stereocenters. The van der Waals surface area contributed by atoms with Crippen LogP contribution in [0.5, 0.6) is 0 Å². The lowest BCUT2D eigenvalue weighted by Crippen LogP contribution is -2.03. The minimum Gasteiger partial charge on any atom is -0.467 e. The quantitative estimate of drug-likeness (QED) is 0.621. The summed E-state index contributed by atoms with van der Waals surface area (Å²) in [5, 5.41) is 3.44. The Kier molecular flexibility index (Phi) is 3.31. The van der Waals surface area contributed by atoms with Crippen molar-refractivity contribution in [3.8, 4) is 11.3 Å². The van der Waals surface area contributed by atoms with Crippen LogP contribution in [0.2, 0.25) is 0 Å². The first kappa shape index (κ1) is 13.6. The molecule has 114 valence electrons. The van der Waals surface area contributed by atoms with Gasteiger partial charge in [-0.1, -0.05) is 24.3 Å². The summed E-state index contributed by atoms with van der Waals surface area (Å²) in [5.41, 5.74) is 4.03. The van der Waals surface area contributed by atoms with Crippen molar-refractivity contribution in [3.05, 3.63) is 72.6 Å². The molecule has 1 N–H and O–H groups in total. The Morgan fingerprint density at radius 2 is 2.09 bits per heavy atom. The molecule has 0 aliphatic carbocycles. The highest BCUT2D eigenvalue weighted by atomic mass is 16.3. The van der Waals surface area contributed by atoms with E-state index < -0.39 is 0 Å². The molecule has 0 saturated carbocycles. The molecule has 0 bridgehead atoms. The van der Waals surface area contributed by atoms with Gasteiger partial charge in [0.1, 0.15) is 17.3 Å². The van der Waals surface area contributed by atoms with Gasteiger partial charge in [-0.15, -0.1) is 0 Å². The number of imidazole rings is 1. The van der Waals surface area contributed by atoms with Gasteiger partial charge in [0, 0.05) is 18.0 Å². The highest BCUT2D eigenvalue weighted by Gasteiger charge is 2.15. The number of aromatic nitrogens is 3. The van der Waals surface area contributed by atoms with Crippen LogP contribution in [0.1, 0.15) is 11.3 Å². The van der Waals surface area contributed by atoms with Crippen molar-refractivity contribution >= 4 is 11.5 Å². The zero-order chi connectivity index (χ0) is 15.6. The lowest BCUT2D eigenvalue weighted by atomic mass is 10.1. The van der Waals surface area contributed by atoms with Gasteiger partial charge in [0.2, 0.25) is 0 Å². The number of fused-ring (bicyclic) bond motifs is 1. The van der Waals surface area contributed by atoms with Crippen LogP contribution in [-0.2, 0) is 6.54 Å². The Hall–Kier alpha value is -3.08. The van der Waals surface area contributed by atoms with Gasteiger partial charge in [-0.2, -0.15) is 0 Å². The molecule has 0 radical (unpaired) electrons. The molecule has 0 aliphatic rings. The highest BCUT2D eigenvalue weighted by molar-refractivity contribution is 5.78. The molecule has 1 aromatic carbocycles. The molecule has 5 nitrogen and oxygen atoms in total. The molecule has 23 heavy (non-hydrogen) atoms. The van der Waals surface area contributed by atoms with Crippen LogP contribution in [0.15, 0.2) is 65.7 Å². The van der Waals surface area contributed by atoms with Gasteiger partial charge >= 0.3 is 0 Å². The van der Waals surface area contributed by atoms with E-state index >= 15 is 0 Å². The van der Waals surface area contributed by atoms with Crippen molar-refractivity contribution in [2.24, 2.45) is 0 Å². The van der Waals surface area contributed by atoms with E-state index in [-0.39, 0.29) is 0 Å². The molecule has 4 rings (SSSR count). The predicted octanol–water partition coefficient (Wildman–Crippen LogP) is 3.91. The van der Waals surface area contributed by atoms with Crippen molar-refractivity contribution in [2.45, 2.75) is 13.5 Å². The number of hydrogen-bond acceptors (Lipinski definition) is 4. The molecular weight excluding hydrogens is 288 g/mol. The van der Waals surface area contributed by atoms with Gasteiger partial charge in [-0.05, 0) is 24.6 Å². The summed E-state index contributed by atoms with van der Waals surface area (Å²) in [6.07, 6.45) is 7.11. The summed E-state index contributed by atoms with van der Waals surface area (Å²) in [6, 6.07) is 12.1. The third-order valence-corrected chi connectivity index (χ3v) is 3.84. The Bertz CT molecular complexity index is 941. The number of nitrogens with one attached hydrogen (secondary N) is 1. The number of furan rings is 1. The molecule has 3 heterocycles. The van der Waals surface area contributed by atoms with Crippen LogP contribution >= 0.6 is 0 Å². The van der Waals surface area contributed by atoms with Gasteiger partial charge < -0.3 is 9.73 Å². The van der Waals surface area contributed by atoms with Crippen LogP contribution in [0.4, 0.5) is 5.82 Å². The van der Waals surface area contributed by atoms with Crippen LogP contribution < -0.4 is 5.32 Å². The van der Waals surface area contributed by atoms with Crippen LogP contribution in [0, 0.1) is 6.92 Å². The summed E-state index contributed by atoms with van der Waals surface area (Å²) in [7, 11) is 0. The lowest BCUT2D eigenvalue weighted by Gasteiger charge is -2.09. The first-order valence-electron chi connectivity index (χ1n) is 7.47. The fourth-order valence-corrected chi connectivity index (χ4v) is 2.69. The van der Waals surface area contributed by atoms with E-state index in [2.05, 4.69) is 29.4 Å². The summed E-state index contributed by atoms with van der Waals surface area (Å²) in [6.45, 7) is 2.69. The summed E-state index contributed by atoms with van der Waals surface area (Å²) in [4.78, 5) is 8.91. The maximum absolute atomic E-state index is 5.41. The maximum Gasteiger partial charge on any atom is 0.157 e. The number of nitrogens with zero attached hydrogens (tertiary/aromatic N) is 3. The standard InChI is InChI=1S/C18H16N4O/c1-13-5-2-3-7-15(13)17-18(20-11-14-6-4-10-23-14)22-9-8-19-12-16(22)21-17/h2-10,12,20H,11H2,1H3. The van der Waals surface area contributed by atoms with Gasteiger partial charge in [0.05, 0.1) is 19.0 Å². The largest absolute Gasteiger partial charge is 0.467 e. The first-order valence-corrected chi connectivity index (χ1v) is 7.47. The topological polar surface area (TPSA) is 55.4 Å². The fourth-order valence-electron chi connectivity index (χ4n) is 2.69. The van der Waals surface area contributed by atoms with E-state index in [1.165, 1.54) is 5.56 Å². The molecule has 0 saturated heterocycles. The molecule has 0 amide bonds. The normalized spacial score (nSPS) is 11.0.